The fourth-order valence-electron chi connectivity index (χ4n) is 2.14. The fraction of sp³-hybridized carbons (Fsp3) is 0.0625. The Kier molecular flexibility index (Phi) is 4.69. The third kappa shape index (κ3) is 3.50. The van der Waals surface area contributed by atoms with Gasteiger partial charge in [-0.1, -0.05) is 52.7 Å². The lowest BCUT2D eigenvalue weighted by Gasteiger charge is -2.06. The molecule has 0 saturated heterocycles. The van der Waals surface area contributed by atoms with Crippen LogP contribution in [-0.4, -0.2) is 20.9 Å². The van der Waals surface area contributed by atoms with Crippen molar-refractivity contribution in [1.29, 1.82) is 0 Å². The molecule has 0 bridgehead atoms. The predicted molar refractivity (Wildman–Crippen MR) is 94.4 cm³/mol. The normalized spacial score (nSPS) is 10.6. The maximum absolute atomic E-state index is 12.3. The molecule has 3 N–H and O–H groups in total. The van der Waals surface area contributed by atoms with E-state index in [1.807, 2.05) is 18.2 Å². The lowest BCUT2D eigenvalue weighted by atomic mass is 10.2. The number of halogens is 2. The van der Waals surface area contributed by atoms with Crippen LogP contribution in [0.15, 0.2) is 48.5 Å². The summed E-state index contributed by atoms with van der Waals surface area (Å²) in [5.74, 6) is -0.297. The van der Waals surface area contributed by atoms with E-state index in [9.17, 15) is 4.79 Å². The Labute approximate surface area is 148 Å². The number of nitrogens with two attached hydrogens (primary N) is 1. The van der Waals surface area contributed by atoms with Crippen molar-refractivity contribution >= 4 is 40.6 Å². The second-order valence-corrected chi connectivity index (χ2v) is 5.88. The van der Waals surface area contributed by atoms with E-state index >= 15 is 0 Å². The number of benzene rings is 2. The summed E-state index contributed by atoms with van der Waals surface area (Å²) < 4.78 is 1.42. The molecule has 122 valence electrons. The van der Waals surface area contributed by atoms with Gasteiger partial charge in [0.15, 0.2) is 11.5 Å². The highest BCUT2D eigenvalue weighted by Gasteiger charge is 2.18. The third-order valence-electron chi connectivity index (χ3n) is 3.35. The number of nitrogens with one attached hydrogen (secondary N) is 1. The zero-order valence-corrected chi connectivity index (χ0v) is 13.9. The van der Waals surface area contributed by atoms with Crippen molar-refractivity contribution in [3.05, 3.63) is 69.8 Å². The third-order valence-corrected chi connectivity index (χ3v) is 3.95. The van der Waals surface area contributed by atoms with E-state index < -0.39 is 5.91 Å². The number of carbonyl (C=O) groups excluding carboxylic acids is 1. The minimum absolute atomic E-state index is 0.0435. The van der Waals surface area contributed by atoms with E-state index in [0.29, 0.717) is 22.3 Å². The average molecular weight is 362 g/mol. The smallest absolute Gasteiger partial charge is 0.280 e. The van der Waals surface area contributed by atoms with Gasteiger partial charge in [0.25, 0.3) is 5.91 Å². The van der Waals surface area contributed by atoms with Crippen LogP contribution in [0.5, 0.6) is 0 Å². The molecule has 0 atom stereocenters. The molecule has 1 aromatic heterocycles. The quantitative estimate of drug-likeness (QED) is 0.744. The average Bonchev–Trinajstić information content (AvgIpc) is 2.91. The number of aromatic nitrogens is 3. The summed E-state index contributed by atoms with van der Waals surface area (Å²) in [6.07, 6.45) is 0. The van der Waals surface area contributed by atoms with Gasteiger partial charge in [0, 0.05) is 15.7 Å². The molecule has 24 heavy (non-hydrogen) atoms. The van der Waals surface area contributed by atoms with E-state index in [-0.39, 0.29) is 11.5 Å². The number of hydrogen-bond acceptors (Lipinski definition) is 4. The summed E-state index contributed by atoms with van der Waals surface area (Å²) in [6, 6.07) is 14.1. The highest BCUT2D eigenvalue weighted by atomic mass is 35.5. The Balaban J connectivity index is 1.79. The summed E-state index contributed by atoms with van der Waals surface area (Å²) in [4.78, 5) is 12.3. The molecule has 0 aliphatic carbocycles. The molecule has 0 aliphatic rings. The van der Waals surface area contributed by atoms with Gasteiger partial charge in [-0.05, 0) is 29.8 Å². The maximum atomic E-state index is 12.3. The summed E-state index contributed by atoms with van der Waals surface area (Å²) in [5, 5.41) is 11.6. The number of amides is 1. The number of nitrogen functional groups attached to an aromatic ring is 1. The molecule has 0 unspecified atom stereocenters. The molecule has 3 aromatic rings. The first-order chi connectivity index (χ1) is 11.5. The van der Waals surface area contributed by atoms with Gasteiger partial charge >= 0.3 is 0 Å². The van der Waals surface area contributed by atoms with Crippen LogP contribution < -0.4 is 11.1 Å². The van der Waals surface area contributed by atoms with Gasteiger partial charge in [-0.15, -0.1) is 5.10 Å². The summed E-state index contributed by atoms with van der Waals surface area (Å²) in [6.45, 7) is 0.322. The summed E-state index contributed by atoms with van der Waals surface area (Å²) in [7, 11) is 0. The molecule has 0 fully saturated rings. The molecule has 1 amide bonds. The fourth-order valence-corrected chi connectivity index (χ4v) is 2.53. The Hall–Kier alpha value is -2.57. The van der Waals surface area contributed by atoms with Crippen molar-refractivity contribution in [2.45, 2.75) is 6.54 Å². The lowest BCUT2D eigenvalue weighted by Crippen LogP contribution is -2.15. The first-order valence-electron chi connectivity index (χ1n) is 7.04. The first-order valence-corrected chi connectivity index (χ1v) is 7.79. The molecule has 6 nitrogen and oxygen atoms in total. The van der Waals surface area contributed by atoms with Crippen LogP contribution in [0.3, 0.4) is 0 Å². The molecule has 2 aromatic carbocycles. The van der Waals surface area contributed by atoms with Crippen LogP contribution >= 0.6 is 23.2 Å². The van der Waals surface area contributed by atoms with Crippen LogP contribution in [0.4, 0.5) is 11.5 Å². The van der Waals surface area contributed by atoms with Gasteiger partial charge in [0.05, 0.1) is 6.54 Å². The second kappa shape index (κ2) is 6.90. The second-order valence-electron chi connectivity index (χ2n) is 5.04. The SMILES string of the molecule is Nc1c(C(=O)Nc2cccc(Cl)c2)nnn1Cc1ccccc1Cl. The zero-order valence-electron chi connectivity index (χ0n) is 12.4. The van der Waals surface area contributed by atoms with Gasteiger partial charge < -0.3 is 11.1 Å². The minimum Gasteiger partial charge on any atom is -0.382 e. The van der Waals surface area contributed by atoms with Crippen LogP contribution in [0.2, 0.25) is 10.0 Å². The largest absolute Gasteiger partial charge is 0.382 e. The summed E-state index contributed by atoms with van der Waals surface area (Å²) >= 11 is 12.0. The Morgan fingerprint density at radius 2 is 1.96 bits per heavy atom. The molecule has 1 heterocycles. The van der Waals surface area contributed by atoms with Crippen molar-refractivity contribution in [2.24, 2.45) is 0 Å². The van der Waals surface area contributed by atoms with E-state index in [0.717, 1.165) is 5.56 Å². The van der Waals surface area contributed by atoms with Crippen LogP contribution in [0.25, 0.3) is 0 Å². The van der Waals surface area contributed by atoms with E-state index in [1.165, 1.54) is 4.68 Å². The number of hydrogen-bond donors (Lipinski definition) is 2. The molecule has 0 saturated carbocycles. The van der Waals surface area contributed by atoms with Gasteiger partial charge in [-0.2, -0.15) is 0 Å². The lowest BCUT2D eigenvalue weighted by molar-refractivity contribution is 0.102. The van der Waals surface area contributed by atoms with Gasteiger partial charge in [-0.25, -0.2) is 4.68 Å². The van der Waals surface area contributed by atoms with Crippen molar-refractivity contribution < 1.29 is 4.79 Å². The number of anilines is 2. The minimum atomic E-state index is -0.458. The highest BCUT2D eigenvalue weighted by Crippen LogP contribution is 2.19. The molecule has 8 heteroatoms. The molecule has 0 radical (unpaired) electrons. The first kappa shape index (κ1) is 16.3. The number of carbonyl (C=O) groups is 1. The van der Waals surface area contributed by atoms with E-state index in [4.69, 9.17) is 28.9 Å². The van der Waals surface area contributed by atoms with Crippen LogP contribution in [-0.2, 0) is 6.54 Å². The van der Waals surface area contributed by atoms with Crippen molar-refractivity contribution in [2.75, 3.05) is 11.1 Å². The van der Waals surface area contributed by atoms with Crippen molar-refractivity contribution in [3.63, 3.8) is 0 Å². The van der Waals surface area contributed by atoms with Gasteiger partial charge in [0.1, 0.15) is 0 Å². The van der Waals surface area contributed by atoms with Crippen LogP contribution in [0, 0.1) is 0 Å². The van der Waals surface area contributed by atoms with Gasteiger partial charge in [0.2, 0.25) is 0 Å². The van der Waals surface area contributed by atoms with Crippen molar-refractivity contribution in [1.82, 2.24) is 15.0 Å². The Morgan fingerprint density at radius 3 is 2.71 bits per heavy atom. The Morgan fingerprint density at radius 1 is 1.17 bits per heavy atom. The summed E-state index contributed by atoms with van der Waals surface area (Å²) in [5.41, 5.74) is 7.42. The van der Waals surface area contributed by atoms with E-state index in [2.05, 4.69) is 15.6 Å². The molecule has 0 spiro atoms. The highest BCUT2D eigenvalue weighted by molar-refractivity contribution is 6.31. The van der Waals surface area contributed by atoms with Crippen LogP contribution in [0.1, 0.15) is 16.1 Å². The molecule has 3 rings (SSSR count). The van der Waals surface area contributed by atoms with E-state index in [1.54, 1.807) is 30.3 Å². The monoisotopic (exact) mass is 361 g/mol. The number of nitrogens with zero attached hydrogens (tertiary/aromatic N) is 3. The molecular weight excluding hydrogens is 349 g/mol. The zero-order chi connectivity index (χ0) is 17.1. The molecular formula is C16H13Cl2N5O. The maximum Gasteiger partial charge on any atom is 0.280 e. The topological polar surface area (TPSA) is 85.8 Å². The predicted octanol–water partition coefficient (Wildman–Crippen LogP) is 3.47. The van der Waals surface area contributed by atoms with Crippen molar-refractivity contribution in [3.8, 4) is 0 Å². The number of rotatable bonds is 4. The standard InChI is InChI=1S/C16H13Cl2N5O/c17-11-5-3-6-12(8-11)20-16(24)14-15(19)23(22-21-14)9-10-4-1-2-7-13(10)18/h1-8H,9,19H2,(H,20,24). The van der Waals surface area contributed by atoms with Gasteiger partial charge in [-0.3, -0.25) is 4.79 Å². The molecule has 0 aliphatic heterocycles. The Bertz CT molecular complexity index is 894.